The molecule has 36 heavy (non-hydrogen) atoms. The molecule has 0 atom stereocenters. The van der Waals surface area contributed by atoms with Gasteiger partial charge in [0.1, 0.15) is 11.4 Å². The lowest BCUT2D eigenvalue weighted by atomic mass is 9.88. The third-order valence-corrected chi connectivity index (χ3v) is 7.43. The molecule has 0 saturated heterocycles. The van der Waals surface area contributed by atoms with Gasteiger partial charge in [0.05, 0.1) is 33.6 Å². The van der Waals surface area contributed by atoms with Crippen LogP contribution in [0.4, 0.5) is 20.7 Å². The van der Waals surface area contributed by atoms with Gasteiger partial charge in [0.2, 0.25) is 0 Å². The summed E-state index contributed by atoms with van der Waals surface area (Å²) in [4.78, 5) is 27.2. The fraction of sp³-hybridized carbons (Fsp3) is 0.280. The number of hydrogen-bond donors (Lipinski definition) is 2. The number of fused-ring (bicyclic) bond motifs is 3. The summed E-state index contributed by atoms with van der Waals surface area (Å²) < 4.78 is 23.0. The molecule has 1 saturated carbocycles. The lowest BCUT2D eigenvalue weighted by Crippen LogP contribution is -2.44. The molecule has 9 nitrogen and oxygen atoms in total. The molecule has 0 bridgehead atoms. The van der Waals surface area contributed by atoms with Crippen LogP contribution in [0.15, 0.2) is 41.3 Å². The van der Waals surface area contributed by atoms with Crippen LogP contribution < -0.4 is 16.2 Å². The Morgan fingerprint density at radius 2 is 1.97 bits per heavy atom. The van der Waals surface area contributed by atoms with Gasteiger partial charge in [-0.1, -0.05) is 17.7 Å². The van der Waals surface area contributed by atoms with E-state index in [0.29, 0.717) is 57.5 Å². The highest BCUT2D eigenvalue weighted by Crippen LogP contribution is 2.53. The van der Waals surface area contributed by atoms with Gasteiger partial charge in [0.15, 0.2) is 5.82 Å². The molecule has 1 aliphatic carbocycles. The zero-order valence-corrected chi connectivity index (χ0v) is 20.1. The van der Waals surface area contributed by atoms with Crippen molar-refractivity contribution in [1.82, 2.24) is 20.0 Å². The number of aromatic amines is 1. The maximum atomic E-state index is 15.5. The zero-order valence-electron chi connectivity index (χ0n) is 19.3. The molecule has 6 rings (SSSR count). The van der Waals surface area contributed by atoms with E-state index in [0.717, 1.165) is 12.8 Å². The second-order valence-electron chi connectivity index (χ2n) is 9.13. The van der Waals surface area contributed by atoms with E-state index in [1.807, 2.05) is 0 Å². The average molecular weight is 509 g/mol. The van der Waals surface area contributed by atoms with Gasteiger partial charge in [-0.25, -0.2) is 19.2 Å². The summed E-state index contributed by atoms with van der Waals surface area (Å²) in [6, 6.07) is 8.32. The van der Waals surface area contributed by atoms with Gasteiger partial charge in [-0.2, -0.15) is 10.2 Å². The number of amides is 1. The van der Waals surface area contributed by atoms with Crippen LogP contribution in [0.3, 0.4) is 0 Å². The smallest absolute Gasteiger partial charge is 0.421 e. The van der Waals surface area contributed by atoms with Crippen molar-refractivity contribution in [2.75, 3.05) is 4.90 Å². The molecule has 2 aliphatic rings. The molecule has 0 radical (unpaired) electrons. The monoisotopic (exact) mass is 508 g/mol. The Bertz CT molecular complexity index is 1610. The van der Waals surface area contributed by atoms with Crippen LogP contribution >= 0.6 is 11.6 Å². The molecule has 1 amide bonds. The topological polar surface area (TPSA) is 119 Å². The minimum atomic E-state index is -1.04. The molecule has 4 aromatic rings. The van der Waals surface area contributed by atoms with Crippen LogP contribution in [0, 0.1) is 5.82 Å². The van der Waals surface area contributed by atoms with Crippen molar-refractivity contribution in [3.05, 3.63) is 69.0 Å². The number of carbonyl (C=O) groups is 1. The summed E-state index contributed by atoms with van der Waals surface area (Å²) in [5.74, 6) is -0.192. The molecule has 184 valence electrons. The van der Waals surface area contributed by atoms with E-state index in [4.69, 9.17) is 22.1 Å². The Labute approximate surface area is 209 Å². The number of ether oxygens (including phenoxy) is 1. The SMILES string of the molecule is Cn1ncc(-c2ccc3c(=O)[nH]nc(CN)c3c2)c1N1C(=O)OC2(CCCC2)c2c1ccc(Cl)c2F. The quantitative estimate of drug-likeness (QED) is 0.416. The molecule has 2 aromatic carbocycles. The Kier molecular flexibility index (Phi) is 5.13. The van der Waals surface area contributed by atoms with Crippen LogP contribution in [0.2, 0.25) is 5.02 Å². The van der Waals surface area contributed by atoms with Gasteiger partial charge < -0.3 is 10.5 Å². The first-order chi connectivity index (χ1) is 17.3. The Balaban J connectivity index is 1.57. The third-order valence-electron chi connectivity index (χ3n) is 7.14. The highest BCUT2D eigenvalue weighted by molar-refractivity contribution is 6.31. The normalized spacial score (nSPS) is 16.6. The number of aryl methyl sites for hydroxylation is 1. The molecular weight excluding hydrogens is 487 g/mol. The van der Waals surface area contributed by atoms with Gasteiger partial charge in [-0.3, -0.25) is 9.48 Å². The second-order valence-corrected chi connectivity index (χ2v) is 9.54. The number of hydrogen-bond acceptors (Lipinski definition) is 6. The van der Waals surface area contributed by atoms with Crippen molar-refractivity contribution in [2.24, 2.45) is 12.8 Å². The van der Waals surface area contributed by atoms with Crippen molar-refractivity contribution in [3.8, 4) is 11.1 Å². The summed E-state index contributed by atoms with van der Waals surface area (Å²) in [6.45, 7) is 0.130. The predicted octanol–water partition coefficient (Wildman–Crippen LogP) is 4.63. The van der Waals surface area contributed by atoms with Gasteiger partial charge in [0, 0.05) is 24.5 Å². The lowest BCUT2D eigenvalue weighted by Gasteiger charge is -2.40. The van der Waals surface area contributed by atoms with Crippen LogP contribution in [-0.4, -0.2) is 26.1 Å². The Morgan fingerprint density at radius 3 is 2.72 bits per heavy atom. The average Bonchev–Trinajstić information content (AvgIpc) is 3.48. The summed E-state index contributed by atoms with van der Waals surface area (Å²) in [6.07, 6.45) is 3.70. The third kappa shape index (κ3) is 3.17. The molecule has 3 N–H and O–H groups in total. The van der Waals surface area contributed by atoms with E-state index in [-0.39, 0.29) is 17.1 Å². The number of rotatable bonds is 3. The van der Waals surface area contributed by atoms with Crippen LogP contribution in [0.5, 0.6) is 0 Å². The van der Waals surface area contributed by atoms with E-state index in [1.54, 1.807) is 37.5 Å². The number of anilines is 2. The minimum absolute atomic E-state index is 0.0234. The number of aromatic nitrogens is 4. The van der Waals surface area contributed by atoms with Crippen molar-refractivity contribution in [1.29, 1.82) is 0 Å². The van der Waals surface area contributed by atoms with Crippen molar-refractivity contribution in [3.63, 3.8) is 0 Å². The fourth-order valence-electron chi connectivity index (χ4n) is 5.46. The molecule has 3 heterocycles. The predicted molar refractivity (Wildman–Crippen MR) is 133 cm³/mol. The number of halogens is 2. The molecule has 1 spiro atoms. The summed E-state index contributed by atoms with van der Waals surface area (Å²) >= 11 is 6.18. The highest BCUT2D eigenvalue weighted by Gasteiger charge is 2.50. The summed E-state index contributed by atoms with van der Waals surface area (Å²) in [5.41, 5.74) is 6.93. The first kappa shape index (κ1) is 22.7. The molecule has 1 aliphatic heterocycles. The summed E-state index contributed by atoms with van der Waals surface area (Å²) in [7, 11) is 1.69. The van der Waals surface area contributed by atoms with E-state index >= 15 is 4.39 Å². The van der Waals surface area contributed by atoms with E-state index in [1.165, 1.54) is 15.6 Å². The first-order valence-corrected chi connectivity index (χ1v) is 12.0. The minimum Gasteiger partial charge on any atom is -0.437 e. The molecule has 0 unspecified atom stereocenters. The number of nitrogens with zero attached hydrogens (tertiary/aromatic N) is 4. The maximum Gasteiger partial charge on any atom is 0.421 e. The molecular formula is C25H22ClFN6O3. The zero-order chi connectivity index (χ0) is 25.2. The molecule has 11 heteroatoms. The van der Waals surface area contributed by atoms with Gasteiger partial charge in [-0.05, 0) is 55.5 Å². The van der Waals surface area contributed by atoms with Crippen LogP contribution in [0.1, 0.15) is 36.9 Å². The molecule has 2 aromatic heterocycles. The van der Waals surface area contributed by atoms with E-state index in [2.05, 4.69) is 15.3 Å². The Morgan fingerprint density at radius 1 is 1.19 bits per heavy atom. The summed E-state index contributed by atoms with van der Waals surface area (Å²) in [5, 5.41) is 11.9. The lowest BCUT2D eigenvalue weighted by molar-refractivity contribution is 0.00984. The van der Waals surface area contributed by atoms with Crippen molar-refractivity contribution in [2.45, 2.75) is 37.8 Å². The second kappa shape index (κ2) is 8.14. The standard InChI is InChI=1S/C25H22ClFN6O3/c1-32-23(16(12-29-32)13-4-5-14-15(10-13)18(11-28)30-31-22(14)34)33-19-7-6-17(26)21(27)20(19)25(36-24(33)35)8-2-3-9-25/h4-7,10,12H,2-3,8-9,11,28H2,1H3,(H,31,34). The molecule has 1 fully saturated rings. The number of nitrogens with two attached hydrogens (primary N) is 1. The van der Waals surface area contributed by atoms with Crippen molar-refractivity contribution >= 4 is 40.0 Å². The maximum absolute atomic E-state index is 15.5. The van der Waals surface area contributed by atoms with Crippen LogP contribution in [-0.2, 0) is 23.9 Å². The van der Waals surface area contributed by atoms with Crippen LogP contribution in [0.25, 0.3) is 21.9 Å². The van der Waals surface area contributed by atoms with E-state index in [9.17, 15) is 9.59 Å². The van der Waals surface area contributed by atoms with E-state index < -0.39 is 17.5 Å². The Hall–Kier alpha value is -3.76. The first-order valence-electron chi connectivity index (χ1n) is 11.6. The number of H-pyrrole nitrogens is 1. The number of benzene rings is 2. The van der Waals surface area contributed by atoms with Gasteiger partial charge in [0.25, 0.3) is 5.56 Å². The number of carbonyl (C=O) groups excluding carboxylic acids is 1. The van der Waals surface area contributed by atoms with Gasteiger partial charge >= 0.3 is 6.09 Å². The fourth-order valence-corrected chi connectivity index (χ4v) is 5.62. The highest BCUT2D eigenvalue weighted by atomic mass is 35.5. The number of nitrogens with one attached hydrogen (secondary N) is 1. The van der Waals surface area contributed by atoms with Crippen molar-refractivity contribution < 1.29 is 13.9 Å². The van der Waals surface area contributed by atoms with Gasteiger partial charge in [-0.15, -0.1) is 0 Å². The largest absolute Gasteiger partial charge is 0.437 e.